The average molecular weight is 285 g/mol. The van der Waals surface area contributed by atoms with Crippen molar-refractivity contribution in [3.05, 3.63) is 0 Å². The van der Waals surface area contributed by atoms with E-state index in [0.29, 0.717) is 0 Å². The van der Waals surface area contributed by atoms with E-state index < -0.39 is 19.8 Å². The first kappa shape index (κ1) is 14.6. The average Bonchev–Trinajstić information content (AvgIpc) is 1.90. The molecule has 0 unspecified atom stereocenters. The second-order valence-electron chi connectivity index (χ2n) is 3.23. The molecule has 0 aliphatic carbocycles. The summed E-state index contributed by atoms with van der Waals surface area (Å²) in [6.07, 6.45) is 4.38. The van der Waals surface area contributed by atoms with Gasteiger partial charge in [0, 0.05) is 0 Å². The Labute approximate surface area is 85.3 Å². The second-order valence-corrected chi connectivity index (χ2v) is 13.1. The summed E-state index contributed by atoms with van der Waals surface area (Å²) in [7, 11) is 0. The maximum atomic E-state index is 2.34. The summed E-state index contributed by atoms with van der Waals surface area (Å²) in [4.78, 5) is 0. The van der Waals surface area contributed by atoms with Crippen molar-refractivity contribution in [3.8, 4) is 0 Å². The Balaban J connectivity index is 0. The number of hydrogen-bond acceptors (Lipinski definition) is 0. The molecule has 0 saturated carbocycles. The molecule has 0 aromatic carbocycles. The van der Waals surface area contributed by atoms with Gasteiger partial charge in [0.1, 0.15) is 0 Å². The van der Waals surface area contributed by atoms with E-state index in [9.17, 15) is 0 Å². The van der Waals surface area contributed by atoms with Gasteiger partial charge in [-0.3, -0.25) is 0 Å². The van der Waals surface area contributed by atoms with E-state index in [0.717, 1.165) is 0 Å². The molecule has 2 heteroatoms. The first-order valence-electron chi connectivity index (χ1n) is 4.85. The molecule has 0 aliphatic rings. The van der Waals surface area contributed by atoms with E-state index in [-0.39, 0.29) is 12.4 Å². The third kappa shape index (κ3) is 9.00. The molecule has 0 fully saturated rings. The van der Waals surface area contributed by atoms with Crippen LogP contribution in [0.25, 0.3) is 0 Å². The Bertz CT molecular complexity index is 52.3. The van der Waals surface area contributed by atoms with E-state index in [4.69, 9.17) is 0 Å². The van der Waals surface area contributed by atoms with Crippen molar-refractivity contribution in [2.45, 2.75) is 53.3 Å². The van der Waals surface area contributed by atoms with Gasteiger partial charge in [-0.1, -0.05) is 0 Å². The van der Waals surface area contributed by atoms with E-state index in [1.54, 1.807) is 13.3 Å². The zero-order valence-corrected chi connectivity index (χ0v) is 12.3. The summed E-state index contributed by atoms with van der Waals surface area (Å²) in [5, 5.41) is 0. The monoisotopic (exact) mass is 286 g/mol. The molecular formula is C9H23ClSn. The van der Waals surface area contributed by atoms with E-state index >= 15 is 0 Å². The molecule has 0 heterocycles. The predicted octanol–water partition coefficient (Wildman–Crippen LogP) is 3.87. The minimum absolute atomic E-state index is 0. The normalized spacial score (nSPS) is 9.82. The van der Waals surface area contributed by atoms with Crippen LogP contribution in [-0.4, -0.2) is 19.8 Å². The van der Waals surface area contributed by atoms with Crippen LogP contribution in [0, 0.1) is 0 Å². The fourth-order valence-corrected chi connectivity index (χ4v) is 11.1. The van der Waals surface area contributed by atoms with Gasteiger partial charge in [0.05, 0.1) is 0 Å². The molecule has 0 aromatic heterocycles. The Kier molecular flexibility index (Phi) is 14.7. The molecule has 11 heavy (non-hydrogen) atoms. The topological polar surface area (TPSA) is 0 Å². The summed E-state index contributed by atoms with van der Waals surface area (Å²) < 4.78 is 4.97. The zero-order chi connectivity index (χ0) is 7.82. The molecule has 0 nitrogen and oxygen atoms in total. The van der Waals surface area contributed by atoms with Crippen molar-refractivity contribution >= 4 is 32.2 Å². The van der Waals surface area contributed by atoms with Crippen molar-refractivity contribution < 1.29 is 0 Å². The summed E-state index contributed by atoms with van der Waals surface area (Å²) in [5.41, 5.74) is 0. The summed E-state index contributed by atoms with van der Waals surface area (Å²) in [6.45, 7) is 7.03. The second kappa shape index (κ2) is 11.1. The van der Waals surface area contributed by atoms with Gasteiger partial charge < -0.3 is 0 Å². The predicted molar refractivity (Wildman–Crippen MR) is 59.7 cm³/mol. The molecule has 0 atom stereocenters. The van der Waals surface area contributed by atoms with Crippen LogP contribution < -0.4 is 0 Å². The molecule has 70 valence electrons. The van der Waals surface area contributed by atoms with E-state index in [1.807, 2.05) is 0 Å². The van der Waals surface area contributed by atoms with Crippen LogP contribution in [0.15, 0.2) is 0 Å². The van der Waals surface area contributed by atoms with Crippen molar-refractivity contribution in [2.75, 3.05) is 0 Å². The third-order valence-electron chi connectivity index (χ3n) is 2.09. The van der Waals surface area contributed by atoms with Crippen molar-refractivity contribution in [1.82, 2.24) is 0 Å². The number of rotatable bonds is 6. The molecule has 0 amide bonds. The first-order chi connectivity index (χ1) is 4.85. The quantitative estimate of drug-likeness (QED) is 0.650. The van der Waals surface area contributed by atoms with Crippen molar-refractivity contribution in [1.29, 1.82) is 0 Å². The van der Waals surface area contributed by atoms with Gasteiger partial charge in [0.2, 0.25) is 0 Å². The van der Waals surface area contributed by atoms with Crippen molar-refractivity contribution in [2.24, 2.45) is 0 Å². The molecule has 0 bridgehead atoms. The van der Waals surface area contributed by atoms with Crippen LogP contribution in [0.1, 0.15) is 40.0 Å². The summed E-state index contributed by atoms with van der Waals surface area (Å²) in [6, 6.07) is 0. The summed E-state index contributed by atoms with van der Waals surface area (Å²) >= 11 is -0.880. The SMILES string of the molecule is CC[CH2][SnH]([CH2]CC)[CH2]CC.Cl. The van der Waals surface area contributed by atoms with Crippen LogP contribution in [0.5, 0.6) is 0 Å². The van der Waals surface area contributed by atoms with Gasteiger partial charge in [0.15, 0.2) is 0 Å². The summed E-state index contributed by atoms with van der Waals surface area (Å²) in [5.74, 6) is 0. The molecule has 0 radical (unpaired) electrons. The first-order valence-corrected chi connectivity index (χ1v) is 11.8. The van der Waals surface area contributed by atoms with Gasteiger partial charge in [-0.05, 0) is 0 Å². The molecule has 0 aromatic rings. The fourth-order valence-electron chi connectivity index (χ4n) is 1.66. The molecular weight excluding hydrogens is 262 g/mol. The minimum Gasteiger partial charge on any atom is -0.147 e. The van der Waals surface area contributed by atoms with E-state index in [1.165, 1.54) is 19.3 Å². The van der Waals surface area contributed by atoms with Crippen LogP contribution >= 0.6 is 12.4 Å². The Morgan fingerprint density at radius 1 is 0.727 bits per heavy atom. The largest absolute Gasteiger partial charge is 0.147 e. The molecule has 0 N–H and O–H groups in total. The number of hydrogen-bond donors (Lipinski definition) is 0. The maximum Gasteiger partial charge on any atom is -0.147 e. The standard InChI is InChI=1S/3C3H7.ClH.Sn.H/c3*1-3-2;;;/h3*1,3H2,2H3;1H;;. The van der Waals surface area contributed by atoms with Gasteiger partial charge >= 0.3 is 73.1 Å². The third-order valence-corrected chi connectivity index (χ3v) is 14.0. The Morgan fingerprint density at radius 3 is 1.18 bits per heavy atom. The molecule has 0 spiro atoms. The maximum absolute atomic E-state index is 2.34. The molecule has 0 rings (SSSR count). The molecule has 0 saturated heterocycles. The van der Waals surface area contributed by atoms with Gasteiger partial charge in [-0.2, -0.15) is 0 Å². The smallest absolute Gasteiger partial charge is 0.147 e. The van der Waals surface area contributed by atoms with Gasteiger partial charge in [-0.15, -0.1) is 12.4 Å². The van der Waals surface area contributed by atoms with Crippen LogP contribution in [0.4, 0.5) is 0 Å². The van der Waals surface area contributed by atoms with Crippen LogP contribution in [0.3, 0.4) is 0 Å². The Morgan fingerprint density at radius 2 is 1.00 bits per heavy atom. The van der Waals surface area contributed by atoms with Crippen LogP contribution in [0.2, 0.25) is 13.3 Å². The Hall–Kier alpha value is 1.09. The number of halogens is 1. The van der Waals surface area contributed by atoms with Gasteiger partial charge in [0.25, 0.3) is 0 Å². The minimum atomic E-state index is -0.880. The van der Waals surface area contributed by atoms with Crippen molar-refractivity contribution in [3.63, 3.8) is 0 Å². The van der Waals surface area contributed by atoms with Gasteiger partial charge in [-0.25, -0.2) is 0 Å². The molecule has 0 aliphatic heterocycles. The van der Waals surface area contributed by atoms with Crippen LogP contribution in [-0.2, 0) is 0 Å². The zero-order valence-electron chi connectivity index (χ0n) is 8.23. The fraction of sp³-hybridized carbons (Fsp3) is 1.00. The van der Waals surface area contributed by atoms with E-state index in [2.05, 4.69) is 20.8 Å².